The Morgan fingerprint density at radius 3 is 2.47 bits per heavy atom. The number of aryl methyl sites for hydroxylation is 1. The molecule has 0 aromatic heterocycles. The Balaban J connectivity index is 2.61. The molecule has 1 aromatic carbocycles. The van der Waals surface area contributed by atoms with Gasteiger partial charge in [0.1, 0.15) is 5.75 Å². The second-order valence-electron chi connectivity index (χ2n) is 4.97. The molecule has 3 nitrogen and oxygen atoms in total. The van der Waals surface area contributed by atoms with Gasteiger partial charge in [-0.3, -0.25) is 0 Å². The van der Waals surface area contributed by atoms with Crippen LogP contribution >= 0.6 is 0 Å². The maximum Gasteiger partial charge on any atom is 0.121 e. The summed E-state index contributed by atoms with van der Waals surface area (Å²) >= 11 is 0. The highest BCUT2D eigenvalue weighted by atomic mass is 16.5. The van der Waals surface area contributed by atoms with Crippen LogP contribution in [0.2, 0.25) is 0 Å². The van der Waals surface area contributed by atoms with Crippen LogP contribution in [-0.2, 0) is 11.3 Å². The van der Waals surface area contributed by atoms with E-state index in [1.54, 1.807) is 14.2 Å². The topological polar surface area (TPSA) is 30.5 Å². The molecule has 0 saturated heterocycles. The fraction of sp³-hybridized carbons (Fsp3) is 0.571. The molecular formula is C14H23NO2. The molecule has 0 unspecified atom stereocenters. The third kappa shape index (κ3) is 4.36. The third-order valence-corrected chi connectivity index (χ3v) is 2.74. The Labute approximate surface area is 104 Å². The maximum absolute atomic E-state index is 5.24. The van der Waals surface area contributed by atoms with Crippen molar-refractivity contribution in [2.75, 3.05) is 20.8 Å². The lowest BCUT2D eigenvalue weighted by molar-refractivity contribution is 0.128. The summed E-state index contributed by atoms with van der Waals surface area (Å²) in [4.78, 5) is 0. The molecule has 3 heteroatoms. The molecule has 0 aliphatic carbocycles. The first-order valence-corrected chi connectivity index (χ1v) is 5.86. The Morgan fingerprint density at radius 1 is 1.24 bits per heavy atom. The van der Waals surface area contributed by atoms with Gasteiger partial charge in [-0.25, -0.2) is 0 Å². The van der Waals surface area contributed by atoms with Crippen molar-refractivity contribution in [1.82, 2.24) is 5.32 Å². The fourth-order valence-electron chi connectivity index (χ4n) is 1.80. The zero-order chi connectivity index (χ0) is 12.9. The summed E-state index contributed by atoms with van der Waals surface area (Å²) in [6.45, 7) is 7.85. The molecule has 0 atom stereocenters. The van der Waals surface area contributed by atoms with Gasteiger partial charge < -0.3 is 14.8 Å². The van der Waals surface area contributed by atoms with Crippen LogP contribution in [0.4, 0.5) is 0 Å². The summed E-state index contributed by atoms with van der Waals surface area (Å²) in [7, 11) is 3.42. The van der Waals surface area contributed by atoms with E-state index in [0.717, 1.165) is 17.9 Å². The fourth-order valence-corrected chi connectivity index (χ4v) is 1.80. The Kier molecular flexibility index (Phi) is 4.97. The lowest BCUT2D eigenvalue weighted by Gasteiger charge is -2.25. The van der Waals surface area contributed by atoms with E-state index in [2.05, 4.69) is 38.2 Å². The normalized spacial score (nSPS) is 11.6. The minimum absolute atomic E-state index is 0.0113. The van der Waals surface area contributed by atoms with E-state index in [9.17, 15) is 0 Å². The molecule has 17 heavy (non-hydrogen) atoms. The Bertz CT molecular complexity index is 361. The molecule has 0 amide bonds. The van der Waals surface area contributed by atoms with Gasteiger partial charge in [0.05, 0.1) is 13.7 Å². The number of rotatable bonds is 6. The SMILES string of the molecule is COCC(C)(C)NCc1ccc(OC)c(C)c1. The lowest BCUT2D eigenvalue weighted by Crippen LogP contribution is -2.42. The predicted octanol–water partition coefficient (Wildman–Crippen LogP) is 2.52. The van der Waals surface area contributed by atoms with Crippen LogP contribution in [0.25, 0.3) is 0 Å². The average Bonchev–Trinajstić information content (AvgIpc) is 2.27. The molecule has 0 heterocycles. The summed E-state index contributed by atoms with van der Waals surface area (Å²) in [5, 5.41) is 3.48. The van der Waals surface area contributed by atoms with E-state index in [1.807, 2.05) is 6.07 Å². The minimum atomic E-state index is -0.0113. The van der Waals surface area contributed by atoms with Crippen molar-refractivity contribution >= 4 is 0 Å². The zero-order valence-corrected chi connectivity index (χ0v) is 11.5. The van der Waals surface area contributed by atoms with Gasteiger partial charge in [0, 0.05) is 19.2 Å². The first kappa shape index (κ1) is 14.0. The number of ether oxygens (including phenoxy) is 2. The second-order valence-corrected chi connectivity index (χ2v) is 4.97. The highest BCUT2D eigenvalue weighted by molar-refractivity contribution is 5.36. The monoisotopic (exact) mass is 237 g/mol. The van der Waals surface area contributed by atoms with Crippen LogP contribution in [0.3, 0.4) is 0 Å². The van der Waals surface area contributed by atoms with Gasteiger partial charge in [0.15, 0.2) is 0 Å². The van der Waals surface area contributed by atoms with Crippen molar-refractivity contribution < 1.29 is 9.47 Å². The number of nitrogens with one attached hydrogen (secondary N) is 1. The van der Waals surface area contributed by atoms with Crippen molar-refractivity contribution in [2.24, 2.45) is 0 Å². The third-order valence-electron chi connectivity index (χ3n) is 2.74. The molecule has 96 valence electrons. The summed E-state index contributed by atoms with van der Waals surface area (Å²) < 4.78 is 10.4. The highest BCUT2D eigenvalue weighted by Gasteiger charge is 2.16. The van der Waals surface area contributed by atoms with E-state index in [4.69, 9.17) is 9.47 Å². The predicted molar refractivity (Wildman–Crippen MR) is 70.5 cm³/mol. The molecule has 0 aliphatic rings. The van der Waals surface area contributed by atoms with Gasteiger partial charge in [0.2, 0.25) is 0 Å². The number of hydrogen-bond donors (Lipinski definition) is 1. The molecule has 0 fully saturated rings. The van der Waals surface area contributed by atoms with Crippen molar-refractivity contribution in [2.45, 2.75) is 32.9 Å². The van der Waals surface area contributed by atoms with Crippen molar-refractivity contribution in [3.8, 4) is 5.75 Å². The van der Waals surface area contributed by atoms with Crippen LogP contribution in [0.5, 0.6) is 5.75 Å². The number of hydrogen-bond acceptors (Lipinski definition) is 3. The number of methoxy groups -OCH3 is 2. The van der Waals surface area contributed by atoms with Crippen LogP contribution in [-0.4, -0.2) is 26.4 Å². The molecule has 0 radical (unpaired) electrons. The molecule has 1 N–H and O–H groups in total. The Hall–Kier alpha value is -1.06. The van der Waals surface area contributed by atoms with Crippen LogP contribution in [0, 0.1) is 6.92 Å². The quantitative estimate of drug-likeness (QED) is 0.824. The van der Waals surface area contributed by atoms with Gasteiger partial charge in [-0.1, -0.05) is 12.1 Å². The Morgan fingerprint density at radius 2 is 1.94 bits per heavy atom. The highest BCUT2D eigenvalue weighted by Crippen LogP contribution is 2.18. The molecule has 0 spiro atoms. The van der Waals surface area contributed by atoms with E-state index < -0.39 is 0 Å². The lowest BCUT2D eigenvalue weighted by atomic mass is 10.1. The largest absolute Gasteiger partial charge is 0.496 e. The second kappa shape index (κ2) is 6.03. The molecule has 1 aromatic rings. The first-order chi connectivity index (χ1) is 7.98. The zero-order valence-electron chi connectivity index (χ0n) is 11.5. The summed E-state index contributed by atoms with van der Waals surface area (Å²) in [5.41, 5.74) is 2.41. The smallest absolute Gasteiger partial charge is 0.121 e. The van der Waals surface area contributed by atoms with Gasteiger partial charge >= 0.3 is 0 Å². The van der Waals surface area contributed by atoms with Gasteiger partial charge in [0.25, 0.3) is 0 Å². The maximum atomic E-state index is 5.24. The van der Waals surface area contributed by atoms with E-state index >= 15 is 0 Å². The van der Waals surface area contributed by atoms with Gasteiger partial charge in [-0.15, -0.1) is 0 Å². The van der Waals surface area contributed by atoms with E-state index in [1.165, 1.54) is 5.56 Å². The molecule has 0 saturated carbocycles. The van der Waals surface area contributed by atoms with E-state index in [0.29, 0.717) is 6.61 Å². The molecular weight excluding hydrogens is 214 g/mol. The average molecular weight is 237 g/mol. The van der Waals surface area contributed by atoms with Crippen molar-refractivity contribution in [3.05, 3.63) is 29.3 Å². The van der Waals surface area contributed by atoms with Crippen molar-refractivity contribution in [1.29, 1.82) is 0 Å². The first-order valence-electron chi connectivity index (χ1n) is 5.86. The molecule has 0 bridgehead atoms. The number of benzene rings is 1. The minimum Gasteiger partial charge on any atom is -0.496 e. The van der Waals surface area contributed by atoms with E-state index in [-0.39, 0.29) is 5.54 Å². The van der Waals surface area contributed by atoms with Gasteiger partial charge in [-0.2, -0.15) is 0 Å². The van der Waals surface area contributed by atoms with Crippen molar-refractivity contribution in [3.63, 3.8) is 0 Å². The molecule has 1 rings (SSSR count). The summed E-state index contributed by atoms with van der Waals surface area (Å²) in [6.07, 6.45) is 0. The van der Waals surface area contributed by atoms with Crippen LogP contribution in [0.15, 0.2) is 18.2 Å². The van der Waals surface area contributed by atoms with Crippen LogP contribution in [0.1, 0.15) is 25.0 Å². The molecule has 0 aliphatic heterocycles. The van der Waals surface area contributed by atoms with Crippen LogP contribution < -0.4 is 10.1 Å². The summed E-state index contributed by atoms with van der Waals surface area (Å²) in [5.74, 6) is 0.935. The van der Waals surface area contributed by atoms with Gasteiger partial charge in [-0.05, 0) is 38.0 Å². The standard InChI is InChI=1S/C14H23NO2/c1-11-8-12(6-7-13(11)17-5)9-15-14(2,3)10-16-4/h6-8,15H,9-10H2,1-5H3. The summed E-state index contributed by atoms with van der Waals surface area (Å²) in [6, 6.07) is 6.24.